The summed E-state index contributed by atoms with van der Waals surface area (Å²) in [5, 5.41) is 2.77. The lowest BCUT2D eigenvalue weighted by Gasteiger charge is -2.05. The molecule has 0 radical (unpaired) electrons. The van der Waals surface area contributed by atoms with Gasteiger partial charge in [-0.2, -0.15) is 0 Å². The molecule has 0 atom stereocenters. The highest BCUT2D eigenvalue weighted by Gasteiger charge is 2.02. The number of hydrogen-bond acceptors (Lipinski definition) is 2. The fraction of sp³-hybridized carbons (Fsp3) is 0.455. The molecule has 1 amide bonds. The summed E-state index contributed by atoms with van der Waals surface area (Å²) in [6, 6.07) is 3.86. The molecule has 0 aliphatic carbocycles. The van der Waals surface area contributed by atoms with E-state index in [9.17, 15) is 4.79 Å². The van der Waals surface area contributed by atoms with Crippen LogP contribution in [0.15, 0.2) is 12.1 Å². The molecule has 1 aromatic heterocycles. The topological polar surface area (TPSA) is 42.0 Å². The van der Waals surface area contributed by atoms with E-state index in [0.29, 0.717) is 12.2 Å². The molecule has 3 heteroatoms. The first-order chi connectivity index (χ1) is 6.61. The van der Waals surface area contributed by atoms with E-state index in [1.165, 1.54) is 0 Å². The first-order valence-electron chi connectivity index (χ1n) is 4.87. The van der Waals surface area contributed by atoms with Crippen molar-refractivity contribution < 1.29 is 4.79 Å². The molecule has 0 aromatic carbocycles. The second kappa shape index (κ2) is 4.74. The molecule has 76 valence electrons. The van der Waals surface area contributed by atoms with Crippen molar-refractivity contribution in [1.82, 2.24) is 4.98 Å². The molecule has 1 aromatic rings. The van der Waals surface area contributed by atoms with Crippen molar-refractivity contribution in [1.29, 1.82) is 0 Å². The van der Waals surface area contributed by atoms with E-state index in [1.807, 2.05) is 32.9 Å². The number of pyridine rings is 1. The molecule has 0 bridgehead atoms. The standard InChI is InChI=1S/C11H16N2O/c1-4-5-11(14)13-10-7-8(2)6-9(3)12-10/h6-7H,4-5H2,1-3H3,(H,12,13,14). The largest absolute Gasteiger partial charge is 0.311 e. The van der Waals surface area contributed by atoms with Crippen LogP contribution in [0.1, 0.15) is 31.0 Å². The van der Waals surface area contributed by atoms with E-state index in [1.54, 1.807) is 0 Å². The Balaban J connectivity index is 2.71. The Kier molecular flexibility index (Phi) is 3.63. The van der Waals surface area contributed by atoms with E-state index in [-0.39, 0.29) is 5.91 Å². The highest BCUT2D eigenvalue weighted by molar-refractivity contribution is 5.89. The van der Waals surface area contributed by atoms with Crippen LogP contribution in [0.3, 0.4) is 0 Å². The van der Waals surface area contributed by atoms with Crippen LogP contribution in [0.5, 0.6) is 0 Å². The van der Waals surface area contributed by atoms with Gasteiger partial charge in [-0.3, -0.25) is 4.79 Å². The minimum atomic E-state index is 0.0324. The third-order valence-corrected chi connectivity index (χ3v) is 1.84. The van der Waals surface area contributed by atoms with Gasteiger partial charge in [0.25, 0.3) is 0 Å². The van der Waals surface area contributed by atoms with Crippen LogP contribution in [0.2, 0.25) is 0 Å². The number of anilines is 1. The number of nitrogens with zero attached hydrogens (tertiary/aromatic N) is 1. The second-order valence-electron chi connectivity index (χ2n) is 3.47. The third kappa shape index (κ3) is 3.17. The summed E-state index contributed by atoms with van der Waals surface area (Å²) < 4.78 is 0. The summed E-state index contributed by atoms with van der Waals surface area (Å²) in [6.45, 7) is 5.89. The molecule has 0 saturated carbocycles. The lowest BCUT2D eigenvalue weighted by molar-refractivity contribution is -0.116. The number of rotatable bonds is 3. The molecule has 1 heterocycles. The van der Waals surface area contributed by atoms with Gasteiger partial charge in [-0.25, -0.2) is 4.98 Å². The van der Waals surface area contributed by atoms with Crippen LogP contribution >= 0.6 is 0 Å². The Morgan fingerprint density at radius 3 is 2.71 bits per heavy atom. The molecule has 0 saturated heterocycles. The molecule has 3 nitrogen and oxygen atoms in total. The van der Waals surface area contributed by atoms with Crippen molar-refractivity contribution >= 4 is 11.7 Å². The fourth-order valence-electron chi connectivity index (χ4n) is 1.34. The van der Waals surface area contributed by atoms with Crippen molar-refractivity contribution in [3.63, 3.8) is 0 Å². The van der Waals surface area contributed by atoms with E-state index in [0.717, 1.165) is 17.7 Å². The SMILES string of the molecule is CCCC(=O)Nc1cc(C)cc(C)n1. The van der Waals surface area contributed by atoms with Gasteiger partial charge >= 0.3 is 0 Å². The number of amides is 1. The number of aryl methyl sites for hydroxylation is 2. The summed E-state index contributed by atoms with van der Waals surface area (Å²) in [6.07, 6.45) is 1.41. The molecule has 0 aliphatic heterocycles. The summed E-state index contributed by atoms with van der Waals surface area (Å²) in [5.74, 6) is 0.686. The molecule has 0 fully saturated rings. The number of aromatic nitrogens is 1. The Bertz CT molecular complexity index is 314. The minimum Gasteiger partial charge on any atom is -0.311 e. The van der Waals surface area contributed by atoms with Gasteiger partial charge in [-0.1, -0.05) is 6.92 Å². The predicted octanol–water partition coefficient (Wildman–Crippen LogP) is 2.44. The minimum absolute atomic E-state index is 0.0324. The third-order valence-electron chi connectivity index (χ3n) is 1.84. The molecule has 1 rings (SSSR count). The second-order valence-corrected chi connectivity index (χ2v) is 3.47. The van der Waals surface area contributed by atoms with Gasteiger partial charge in [0, 0.05) is 12.1 Å². The van der Waals surface area contributed by atoms with E-state index in [2.05, 4.69) is 10.3 Å². The maximum absolute atomic E-state index is 11.3. The van der Waals surface area contributed by atoms with Gasteiger partial charge in [0.1, 0.15) is 5.82 Å². The molecule has 0 unspecified atom stereocenters. The van der Waals surface area contributed by atoms with Crippen LogP contribution in [-0.2, 0) is 4.79 Å². The Morgan fingerprint density at radius 2 is 2.14 bits per heavy atom. The number of nitrogens with one attached hydrogen (secondary N) is 1. The fourth-order valence-corrected chi connectivity index (χ4v) is 1.34. The van der Waals surface area contributed by atoms with Gasteiger partial charge in [-0.15, -0.1) is 0 Å². The van der Waals surface area contributed by atoms with Crippen molar-refractivity contribution in [2.45, 2.75) is 33.6 Å². The smallest absolute Gasteiger partial charge is 0.225 e. The van der Waals surface area contributed by atoms with Gasteiger partial charge in [0.15, 0.2) is 0 Å². The lowest BCUT2D eigenvalue weighted by Crippen LogP contribution is -2.12. The Morgan fingerprint density at radius 1 is 1.43 bits per heavy atom. The molecular weight excluding hydrogens is 176 g/mol. The molecule has 0 spiro atoms. The summed E-state index contributed by atoms with van der Waals surface area (Å²) in [4.78, 5) is 15.5. The quantitative estimate of drug-likeness (QED) is 0.799. The zero-order valence-corrected chi connectivity index (χ0v) is 8.92. The van der Waals surface area contributed by atoms with E-state index >= 15 is 0 Å². The summed E-state index contributed by atoms with van der Waals surface area (Å²) in [7, 11) is 0. The van der Waals surface area contributed by atoms with E-state index in [4.69, 9.17) is 0 Å². The molecular formula is C11H16N2O. The molecule has 14 heavy (non-hydrogen) atoms. The number of carbonyl (C=O) groups excluding carboxylic acids is 1. The summed E-state index contributed by atoms with van der Waals surface area (Å²) in [5.41, 5.74) is 2.04. The Labute approximate surface area is 84.6 Å². The van der Waals surface area contributed by atoms with Gasteiger partial charge in [0.05, 0.1) is 0 Å². The molecule has 1 N–H and O–H groups in total. The van der Waals surface area contributed by atoms with Gasteiger partial charge < -0.3 is 5.32 Å². The monoisotopic (exact) mass is 192 g/mol. The summed E-state index contributed by atoms with van der Waals surface area (Å²) >= 11 is 0. The zero-order chi connectivity index (χ0) is 10.6. The number of carbonyl (C=O) groups is 1. The van der Waals surface area contributed by atoms with Crippen molar-refractivity contribution in [2.24, 2.45) is 0 Å². The maximum atomic E-state index is 11.3. The van der Waals surface area contributed by atoms with Crippen LogP contribution in [0.25, 0.3) is 0 Å². The van der Waals surface area contributed by atoms with Gasteiger partial charge in [-0.05, 0) is 38.0 Å². The predicted molar refractivity (Wildman–Crippen MR) is 57.2 cm³/mol. The van der Waals surface area contributed by atoms with Gasteiger partial charge in [0.2, 0.25) is 5.91 Å². The van der Waals surface area contributed by atoms with Crippen LogP contribution in [0.4, 0.5) is 5.82 Å². The highest BCUT2D eigenvalue weighted by atomic mass is 16.1. The Hall–Kier alpha value is -1.38. The highest BCUT2D eigenvalue weighted by Crippen LogP contribution is 2.09. The first kappa shape index (κ1) is 10.7. The zero-order valence-electron chi connectivity index (χ0n) is 8.92. The number of hydrogen-bond donors (Lipinski definition) is 1. The van der Waals surface area contributed by atoms with E-state index < -0.39 is 0 Å². The first-order valence-corrected chi connectivity index (χ1v) is 4.87. The van der Waals surface area contributed by atoms with Crippen molar-refractivity contribution in [3.05, 3.63) is 23.4 Å². The van der Waals surface area contributed by atoms with Crippen LogP contribution < -0.4 is 5.32 Å². The average molecular weight is 192 g/mol. The average Bonchev–Trinajstić information content (AvgIpc) is 2.01. The maximum Gasteiger partial charge on any atom is 0.225 e. The van der Waals surface area contributed by atoms with Crippen molar-refractivity contribution in [2.75, 3.05) is 5.32 Å². The van der Waals surface area contributed by atoms with Crippen LogP contribution in [-0.4, -0.2) is 10.9 Å². The normalized spacial score (nSPS) is 9.93. The lowest BCUT2D eigenvalue weighted by atomic mass is 10.2. The van der Waals surface area contributed by atoms with Crippen molar-refractivity contribution in [3.8, 4) is 0 Å². The van der Waals surface area contributed by atoms with Crippen LogP contribution in [0, 0.1) is 13.8 Å². The molecule has 0 aliphatic rings.